The molecule has 80 valence electrons. The van der Waals surface area contributed by atoms with Crippen LogP contribution in [-0.4, -0.2) is 12.1 Å². The van der Waals surface area contributed by atoms with Gasteiger partial charge in [-0.15, -0.1) is 0 Å². The lowest BCUT2D eigenvalue weighted by Crippen LogP contribution is -2.17. The van der Waals surface area contributed by atoms with Crippen molar-refractivity contribution in [1.82, 2.24) is 5.43 Å². The van der Waals surface area contributed by atoms with Gasteiger partial charge >= 0.3 is 0 Å². The molecule has 1 amide bonds. The number of hydrazone groups is 1. The Morgan fingerprint density at radius 3 is 2.87 bits per heavy atom. The highest BCUT2D eigenvalue weighted by Crippen LogP contribution is 2.10. The minimum Gasteiger partial charge on any atom is -0.267 e. The molecule has 0 bridgehead atoms. The van der Waals surface area contributed by atoms with Crippen LogP contribution < -0.4 is 5.43 Å². The van der Waals surface area contributed by atoms with Crippen LogP contribution in [-0.2, 0) is 0 Å². The second-order valence-corrected chi connectivity index (χ2v) is 3.91. The smallest absolute Gasteiger partial charge is 0.267 e. The molecule has 0 aliphatic carbocycles. The Bertz CT molecular complexity index is 375. The van der Waals surface area contributed by atoms with Crippen molar-refractivity contribution in [3.05, 3.63) is 34.9 Å². The molecule has 1 aromatic carbocycles. The molecule has 0 saturated heterocycles. The zero-order valence-electron chi connectivity index (χ0n) is 8.70. The van der Waals surface area contributed by atoms with Crippen LogP contribution in [0.1, 0.15) is 24.2 Å². The second kappa shape index (κ2) is 5.51. The Kier molecular flexibility index (Phi) is 4.31. The number of benzene rings is 1. The number of hydrogen-bond acceptors (Lipinski definition) is 2. The van der Waals surface area contributed by atoms with E-state index in [1.807, 2.05) is 13.8 Å². The van der Waals surface area contributed by atoms with Gasteiger partial charge in [0.2, 0.25) is 0 Å². The van der Waals surface area contributed by atoms with Crippen molar-refractivity contribution in [2.45, 2.75) is 13.8 Å². The van der Waals surface area contributed by atoms with E-state index in [-0.39, 0.29) is 5.91 Å². The summed E-state index contributed by atoms with van der Waals surface area (Å²) >= 11 is 5.75. The Hall–Kier alpha value is -1.35. The topological polar surface area (TPSA) is 41.5 Å². The summed E-state index contributed by atoms with van der Waals surface area (Å²) in [4.78, 5) is 11.5. The van der Waals surface area contributed by atoms with Crippen LogP contribution in [0.4, 0.5) is 0 Å². The summed E-state index contributed by atoms with van der Waals surface area (Å²) in [7, 11) is 0. The molecule has 1 aromatic rings. The lowest BCUT2D eigenvalue weighted by atomic mass is 10.2. The first-order chi connectivity index (χ1) is 7.09. The average molecular weight is 225 g/mol. The fraction of sp³-hybridized carbons (Fsp3) is 0.273. The first kappa shape index (κ1) is 11.7. The molecule has 4 heteroatoms. The molecule has 0 spiro atoms. The van der Waals surface area contributed by atoms with Gasteiger partial charge in [0.15, 0.2) is 0 Å². The van der Waals surface area contributed by atoms with Gasteiger partial charge in [0.1, 0.15) is 0 Å². The molecule has 3 nitrogen and oxygen atoms in total. The van der Waals surface area contributed by atoms with Gasteiger partial charge < -0.3 is 0 Å². The molecule has 0 aliphatic rings. The molecule has 0 saturated carbocycles. The number of nitrogens with zero attached hydrogens (tertiary/aromatic N) is 1. The third-order valence-corrected chi connectivity index (χ3v) is 1.86. The van der Waals surface area contributed by atoms with Crippen molar-refractivity contribution in [1.29, 1.82) is 0 Å². The molecular formula is C11H13ClN2O. The number of rotatable bonds is 3. The molecule has 1 N–H and O–H groups in total. The summed E-state index contributed by atoms with van der Waals surface area (Å²) in [6.07, 6.45) is 1.67. The normalized spacial score (nSPS) is 10.9. The van der Waals surface area contributed by atoms with E-state index in [1.54, 1.807) is 30.5 Å². The highest BCUT2D eigenvalue weighted by Gasteiger charge is 2.03. The predicted octanol–water partition coefficient (Wildman–Crippen LogP) is 2.71. The third kappa shape index (κ3) is 4.13. The number of hydrogen-bond donors (Lipinski definition) is 1. The average Bonchev–Trinajstić information content (AvgIpc) is 2.17. The highest BCUT2D eigenvalue weighted by atomic mass is 35.5. The number of carbonyl (C=O) groups excluding carboxylic acids is 1. The first-order valence-corrected chi connectivity index (χ1v) is 5.06. The Morgan fingerprint density at radius 1 is 1.53 bits per heavy atom. The molecule has 0 radical (unpaired) electrons. The number of nitrogens with one attached hydrogen (secondary N) is 1. The standard InChI is InChI=1S/C11H13ClN2O/c1-8(2)7-13-14-11(15)9-4-3-5-10(12)6-9/h3-8H,1-2H3,(H,14,15). The number of carbonyl (C=O) groups is 1. The van der Waals surface area contributed by atoms with E-state index in [2.05, 4.69) is 10.5 Å². The van der Waals surface area contributed by atoms with E-state index in [4.69, 9.17) is 11.6 Å². The summed E-state index contributed by atoms with van der Waals surface area (Å²) in [5, 5.41) is 4.35. The zero-order chi connectivity index (χ0) is 11.3. The molecule has 0 fully saturated rings. The molecule has 0 heterocycles. The van der Waals surface area contributed by atoms with Gasteiger partial charge in [-0.2, -0.15) is 5.10 Å². The van der Waals surface area contributed by atoms with E-state index >= 15 is 0 Å². The van der Waals surface area contributed by atoms with Gasteiger partial charge in [0, 0.05) is 16.8 Å². The van der Waals surface area contributed by atoms with Crippen LogP contribution in [0.25, 0.3) is 0 Å². The van der Waals surface area contributed by atoms with E-state index < -0.39 is 0 Å². The molecule has 0 unspecified atom stereocenters. The molecule has 15 heavy (non-hydrogen) atoms. The van der Waals surface area contributed by atoms with Gasteiger partial charge in [0.25, 0.3) is 5.91 Å². The van der Waals surface area contributed by atoms with Gasteiger partial charge in [-0.25, -0.2) is 5.43 Å². The Morgan fingerprint density at radius 2 is 2.27 bits per heavy atom. The van der Waals surface area contributed by atoms with Gasteiger partial charge in [-0.3, -0.25) is 4.79 Å². The van der Waals surface area contributed by atoms with E-state index in [9.17, 15) is 4.79 Å². The Labute approximate surface area is 94.1 Å². The fourth-order valence-corrected chi connectivity index (χ4v) is 1.13. The van der Waals surface area contributed by atoms with E-state index in [0.717, 1.165) is 0 Å². The van der Waals surface area contributed by atoms with Crippen LogP contribution in [0, 0.1) is 5.92 Å². The predicted molar refractivity (Wildman–Crippen MR) is 62.2 cm³/mol. The van der Waals surface area contributed by atoms with Crippen molar-refractivity contribution in [3.63, 3.8) is 0 Å². The SMILES string of the molecule is CC(C)C=NNC(=O)c1cccc(Cl)c1. The molecular weight excluding hydrogens is 212 g/mol. The lowest BCUT2D eigenvalue weighted by molar-refractivity contribution is 0.0955. The zero-order valence-corrected chi connectivity index (χ0v) is 9.45. The monoisotopic (exact) mass is 224 g/mol. The maximum absolute atomic E-state index is 11.5. The number of amides is 1. The van der Waals surface area contributed by atoms with Crippen molar-refractivity contribution in [2.75, 3.05) is 0 Å². The second-order valence-electron chi connectivity index (χ2n) is 3.47. The first-order valence-electron chi connectivity index (χ1n) is 4.68. The van der Waals surface area contributed by atoms with Crippen LogP contribution in [0.15, 0.2) is 29.4 Å². The van der Waals surface area contributed by atoms with Crippen molar-refractivity contribution >= 4 is 23.7 Å². The van der Waals surface area contributed by atoms with E-state index in [1.165, 1.54) is 0 Å². The van der Waals surface area contributed by atoms with Crippen LogP contribution in [0.5, 0.6) is 0 Å². The summed E-state index contributed by atoms with van der Waals surface area (Å²) < 4.78 is 0. The van der Waals surface area contributed by atoms with Crippen molar-refractivity contribution < 1.29 is 4.79 Å². The van der Waals surface area contributed by atoms with Crippen molar-refractivity contribution in [3.8, 4) is 0 Å². The van der Waals surface area contributed by atoms with Crippen molar-refractivity contribution in [2.24, 2.45) is 11.0 Å². The molecule has 0 aliphatic heterocycles. The van der Waals surface area contributed by atoms with Gasteiger partial charge in [-0.1, -0.05) is 31.5 Å². The maximum atomic E-state index is 11.5. The van der Waals surface area contributed by atoms with Gasteiger partial charge in [-0.05, 0) is 24.1 Å². The number of halogens is 1. The molecule has 1 rings (SSSR count). The quantitative estimate of drug-likeness (QED) is 0.623. The molecule has 0 atom stereocenters. The van der Waals surface area contributed by atoms with Crippen LogP contribution >= 0.6 is 11.6 Å². The summed E-state index contributed by atoms with van der Waals surface area (Å²) in [6.45, 7) is 3.96. The lowest BCUT2D eigenvalue weighted by Gasteiger charge is -2.00. The minimum absolute atomic E-state index is 0.255. The maximum Gasteiger partial charge on any atom is 0.271 e. The summed E-state index contributed by atoms with van der Waals surface area (Å²) in [6, 6.07) is 6.73. The minimum atomic E-state index is -0.255. The highest BCUT2D eigenvalue weighted by molar-refractivity contribution is 6.30. The van der Waals surface area contributed by atoms with Crippen LogP contribution in [0.3, 0.4) is 0 Å². The summed E-state index contributed by atoms with van der Waals surface area (Å²) in [5.74, 6) is 0.0547. The van der Waals surface area contributed by atoms with Gasteiger partial charge in [0.05, 0.1) is 0 Å². The third-order valence-electron chi connectivity index (χ3n) is 1.63. The molecule has 0 aromatic heterocycles. The Balaban J connectivity index is 2.62. The fourth-order valence-electron chi connectivity index (χ4n) is 0.939. The summed E-state index contributed by atoms with van der Waals surface area (Å²) in [5.41, 5.74) is 2.93. The van der Waals surface area contributed by atoms with Crippen LogP contribution in [0.2, 0.25) is 5.02 Å². The van der Waals surface area contributed by atoms with E-state index in [0.29, 0.717) is 16.5 Å². The largest absolute Gasteiger partial charge is 0.271 e.